The van der Waals surface area contributed by atoms with Gasteiger partial charge in [-0.2, -0.15) is 4.31 Å². The summed E-state index contributed by atoms with van der Waals surface area (Å²) in [6, 6.07) is 9.39. The third kappa shape index (κ3) is 6.72. The molecule has 0 N–H and O–H groups in total. The summed E-state index contributed by atoms with van der Waals surface area (Å²) < 4.78 is 26.7. The van der Waals surface area contributed by atoms with E-state index < -0.39 is 10.0 Å². The lowest BCUT2D eigenvalue weighted by molar-refractivity contribution is -0.137. The van der Waals surface area contributed by atoms with Gasteiger partial charge in [-0.05, 0) is 45.0 Å². The average molecular weight is 408 g/mol. The molecule has 6 nitrogen and oxygen atoms in total. The summed E-state index contributed by atoms with van der Waals surface area (Å²) in [5.74, 6) is 0.0823. The van der Waals surface area contributed by atoms with Gasteiger partial charge in [0.15, 0.2) is 0 Å². The smallest absolute Gasteiger partial charge is 0.236 e. The van der Waals surface area contributed by atoms with Crippen molar-refractivity contribution >= 4 is 22.0 Å². The van der Waals surface area contributed by atoms with Crippen molar-refractivity contribution in [1.82, 2.24) is 14.1 Å². The van der Waals surface area contributed by atoms with Crippen molar-refractivity contribution in [2.45, 2.75) is 26.2 Å². The number of hydrogen-bond acceptors (Lipinski definition) is 4. The molecular formula is C21H33N3O3S. The molecule has 0 saturated carbocycles. The lowest BCUT2D eigenvalue weighted by Gasteiger charge is -2.33. The summed E-state index contributed by atoms with van der Waals surface area (Å²) in [4.78, 5) is 16.9. The third-order valence-electron chi connectivity index (χ3n) is 5.02. The van der Waals surface area contributed by atoms with Crippen LogP contribution < -0.4 is 0 Å². The van der Waals surface area contributed by atoms with Crippen molar-refractivity contribution in [3.8, 4) is 0 Å². The minimum Gasteiger partial charge on any atom is -0.341 e. The first kappa shape index (κ1) is 22.6. The normalized spacial score (nSPS) is 16.7. The molecule has 0 spiro atoms. The Morgan fingerprint density at radius 2 is 1.75 bits per heavy atom. The van der Waals surface area contributed by atoms with E-state index in [0.29, 0.717) is 25.9 Å². The van der Waals surface area contributed by atoms with Crippen LogP contribution >= 0.6 is 0 Å². The summed E-state index contributed by atoms with van der Waals surface area (Å²) in [6.07, 6.45) is 3.71. The number of hydrogen-bond donors (Lipinski definition) is 0. The Bertz CT molecular complexity index is 739. The van der Waals surface area contributed by atoms with E-state index in [4.69, 9.17) is 0 Å². The Kier molecular flexibility index (Phi) is 8.66. The third-order valence-corrected chi connectivity index (χ3v) is 6.58. The fourth-order valence-corrected chi connectivity index (χ4v) is 4.57. The van der Waals surface area contributed by atoms with E-state index >= 15 is 0 Å². The van der Waals surface area contributed by atoms with Crippen LogP contribution in [0.3, 0.4) is 0 Å². The van der Waals surface area contributed by atoms with Gasteiger partial charge in [-0.15, -0.1) is 0 Å². The summed E-state index contributed by atoms with van der Waals surface area (Å²) in [7, 11) is 0.540. The average Bonchev–Trinajstić information content (AvgIpc) is 2.70. The lowest BCUT2D eigenvalue weighted by atomic mass is 9.96. The largest absolute Gasteiger partial charge is 0.341 e. The van der Waals surface area contributed by atoms with Crippen LogP contribution in [0.4, 0.5) is 0 Å². The van der Waals surface area contributed by atoms with Gasteiger partial charge in [0.2, 0.25) is 15.9 Å². The molecular weight excluding hydrogens is 374 g/mol. The standard InChI is InChI=1S/C21H33N3O3S/c1-4-13-23(17-16-22(2)3)21(25)20-10-14-24(15-11-20)28(26,27)18-12-19-8-6-5-7-9-19/h5-9,12,18,20H,4,10-11,13-17H2,1-3H3/b18-12+. The second kappa shape index (κ2) is 10.7. The van der Waals surface area contributed by atoms with Gasteiger partial charge in [0.1, 0.15) is 0 Å². The number of sulfonamides is 1. The van der Waals surface area contributed by atoms with Crippen LogP contribution in [-0.4, -0.2) is 75.2 Å². The van der Waals surface area contributed by atoms with Crippen LogP contribution in [-0.2, 0) is 14.8 Å². The van der Waals surface area contributed by atoms with Gasteiger partial charge < -0.3 is 9.80 Å². The molecule has 0 bridgehead atoms. The number of amides is 1. The van der Waals surface area contributed by atoms with Gasteiger partial charge in [0, 0.05) is 44.0 Å². The second-order valence-corrected chi connectivity index (χ2v) is 9.38. The highest BCUT2D eigenvalue weighted by atomic mass is 32.2. The second-order valence-electron chi connectivity index (χ2n) is 7.56. The number of rotatable bonds is 9. The highest BCUT2D eigenvalue weighted by Gasteiger charge is 2.31. The molecule has 0 radical (unpaired) electrons. The SMILES string of the molecule is CCCN(CCN(C)C)C(=O)C1CCN(S(=O)(=O)/C=C/c2ccccc2)CC1. The molecule has 156 valence electrons. The maximum absolute atomic E-state index is 12.9. The van der Waals surface area contributed by atoms with Gasteiger partial charge in [-0.1, -0.05) is 37.3 Å². The molecule has 0 unspecified atom stereocenters. The predicted octanol–water partition coefficient (Wildman–Crippen LogP) is 2.50. The van der Waals surface area contributed by atoms with E-state index in [1.165, 1.54) is 9.71 Å². The Labute approximate surface area is 169 Å². The lowest BCUT2D eigenvalue weighted by Crippen LogP contribution is -2.45. The molecule has 0 aromatic heterocycles. The summed E-state index contributed by atoms with van der Waals surface area (Å²) in [6.45, 7) is 5.17. The monoisotopic (exact) mass is 407 g/mol. The van der Waals surface area contributed by atoms with Gasteiger partial charge in [0.05, 0.1) is 0 Å². The highest BCUT2D eigenvalue weighted by Crippen LogP contribution is 2.23. The maximum atomic E-state index is 12.9. The molecule has 1 fully saturated rings. The van der Waals surface area contributed by atoms with Crippen LogP contribution in [0.25, 0.3) is 6.08 Å². The summed E-state index contributed by atoms with van der Waals surface area (Å²) >= 11 is 0. The van der Waals surface area contributed by atoms with E-state index in [1.807, 2.05) is 49.3 Å². The van der Waals surface area contributed by atoms with E-state index in [2.05, 4.69) is 11.8 Å². The molecule has 2 rings (SSSR count). The van der Waals surface area contributed by atoms with Crippen molar-refractivity contribution in [3.63, 3.8) is 0 Å². The molecule has 28 heavy (non-hydrogen) atoms. The Morgan fingerprint density at radius 1 is 1.11 bits per heavy atom. The predicted molar refractivity (Wildman–Crippen MR) is 114 cm³/mol. The molecule has 7 heteroatoms. The van der Waals surface area contributed by atoms with Gasteiger partial charge >= 0.3 is 0 Å². The van der Waals surface area contributed by atoms with Crippen LogP contribution in [0.1, 0.15) is 31.7 Å². The Hall–Kier alpha value is -1.70. The van der Waals surface area contributed by atoms with Crippen molar-refractivity contribution in [2.75, 3.05) is 46.8 Å². The minimum absolute atomic E-state index is 0.0849. The number of carbonyl (C=O) groups excluding carboxylic acids is 1. The van der Waals surface area contributed by atoms with E-state index in [9.17, 15) is 13.2 Å². The van der Waals surface area contributed by atoms with Gasteiger partial charge in [0.25, 0.3) is 0 Å². The fraction of sp³-hybridized carbons (Fsp3) is 0.571. The maximum Gasteiger partial charge on any atom is 0.236 e. The number of nitrogens with zero attached hydrogens (tertiary/aromatic N) is 3. The van der Waals surface area contributed by atoms with Crippen LogP contribution in [0, 0.1) is 5.92 Å². The van der Waals surface area contributed by atoms with Gasteiger partial charge in [-0.3, -0.25) is 4.79 Å². The molecule has 1 aliphatic heterocycles. The number of carbonyl (C=O) groups is 1. The van der Waals surface area contributed by atoms with Crippen molar-refractivity contribution < 1.29 is 13.2 Å². The van der Waals surface area contributed by atoms with Gasteiger partial charge in [-0.25, -0.2) is 8.42 Å². The zero-order chi connectivity index (χ0) is 20.6. The zero-order valence-corrected chi connectivity index (χ0v) is 18.1. The first-order chi connectivity index (χ1) is 13.3. The van der Waals surface area contributed by atoms with Crippen LogP contribution in [0.5, 0.6) is 0 Å². The topological polar surface area (TPSA) is 60.9 Å². The molecule has 1 saturated heterocycles. The summed E-state index contributed by atoms with van der Waals surface area (Å²) in [5.41, 5.74) is 0.854. The van der Waals surface area contributed by atoms with E-state index in [0.717, 1.165) is 31.6 Å². The minimum atomic E-state index is -3.46. The first-order valence-corrected chi connectivity index (χ1v) is 11.5. The molecule has 1 aromatic rings. The zero-order valence-electron chi connectivity index (χ0n) is 17.3. The summed E-state index contributed by atoms with van der Waals surface area (Å²) in [5, 5.41) is 1.27. The first-order valence-electron chi connectivity index (χ1n) is 10.00. The quantitative estimate of drug-likeness (QED) is 0.631. The number of benzene rings is 1. The number of likely N-dealkylation sites (N-methyl/N-ethyl adjacent to an activating group) is 1. The molecule has 0 atom stereocenters. The van der Waals surface area contributed by atoms with E-state index in [-0.39, 0.29) is 11.8 Å². The molecule has 1 aromatic carbocycles. The van der Waals surface area contributed by atoms with Crippen molar-refractivity contribution in [1.29, 1.82) is 0 Å². The Morgan fingerprint density at radius 3 is 2.32 bits per heavy atom. The Balaban J connectivity index is 1.93. The highest BCUT2D eigenvalue weighted by molar-refractivity contribution is 7.92. The molecule has 0 aliphatic carbocycles. The van der Waals surface area contributed by atoms with Crippen LogP contribution in [0.15, 0.2) is 35.7 Å². The molecule has 1 aliphatic rings. The number of piperidine rings is 1. The molecule has 1 amide bonds. The van der Waals surface area contributed by atoms with Crippen LogP contribution in [0.2, 0.25) is 0 Å². The molecule has 1 heterocycles. The van der Waals surface area contributed by atoms with Crippen molar-refractivity contribution in [2.24, 2.45) is 5.92 Å². The van der Waals surface area contributed by atoms with Crippen molar-refractivity contribution in [3.05, 3.63) is 41.3 Å². The van der Waals surface area contributed by atoms with E-state index in [1.54, 1.807) is 6.08 Å². The fourth-order valence-electron chi connectivity index (χ4n) is 3.35.